The average Bonchev–Trinajstić information content (AvgIpc) is 3.28. The fourth-order valence-corrected chi connectivity index (χ4v) is 3.35. The smallest absolute Gasteiger partial charge is 0.226 e. The molecule has 4 N–H and O–H groups in total. The Hall–Kier alpha value is -2.84. The number of carbonyl (C=O) groups excluding carboxylic acids is 1. The summed E-state index contributed by atoms with van der Waals surface area (Å²) in [7, 11) is 0. The zero-order valence-corrected chi connectivity index (χ0v) is 16.2. The lowest BCUT2D eigenvalue weighted by molar-refractivity contribution is -0.120. The zero-order valence-electron chi connectivity index (χ0n) is 14.7. The number of carbonyl (C=O) groups is 1. The van der Waals surface area contributed by atoms with Crippen molar-refractivity contribution >= 4 is 57.0 Å². The zero-order chi connectivity index (χ0) is 19.5. The lowest BCUT2D eigenvalue weighted by Gasteiger charge is -2.08. The minimum Gasteiger partial charge on any atom is -0.368 e. The number of fused-ring (bicyclic) bond motifs is 2. The maximum atomic E-state index is 12.1. The van der Waals surface area contributed by atoms with Gasteiger partial charge < -0.3 is 20.6 Å². The lowest BCUT2D eigenvalue weighted by Crippen LogP contribution is -2.27. The van der Waals surface area contributed by atoms with Gasteiger partial charge in [0.05, 0.1) is 6.33 Å². The molecule has 0 spiro atoms. The molecule has 3 heterocycles. The summed E-state index contributed by atoms with van der Waals surface area (Å²) in [6.07, 6.45) is 4.49. The minimum absolute atomic E-state index is 0.0496. The van der Waals surface area contributed by atoms with Crippen molar-refractivity contribution in [3.8, 4) is 0 Å². The van der Waals surface area contributed by atoms with Crippen molar-refractivity contribution < 1.29 is 4.79 Å². The predicted molar refractivity (Wildman–Crippen MR) is 110 cm³/mol. The lowest BCUT2D eigenvalue weighted by atomic mass is 10.1. The fraction of sp³-hybridized carbons (Fsp3) is 0.222. The van der Waals surface area contributed by atoms with Crippen LogP contribution in [-0.4, -0.2) is 43.9 Å². The van der Waals surface area contributed by atoms with Gasteiger partial charge in [0.15, 0.2) is 11.5 Å². The second-order valence-electron chi connectivity index (χ2n) is 6.22. The first-order chi connectivity index (χ1) is 13.6. The first-order valence-corrected chi connectivity index (χ1v) is 9.48. The maximum absolute atomic E-state index is 12.1. The van der Waals surface area contributed by atoms with Gasteiger partial charge in [0.1, 0.15) is 5.52 Å². The van der Waals surface area contributed by atoms with Crippen LogP contribution >= 0.6 is 23.2 Å². The monoisotopic (exact) mass is 417 g/mol. The second-order valence-corrected chi connectivity index (χ2v) is 7.00. The van der Waals surface area contributed by atoms with Crippen LogP contribution in [0.15, 0.2) is 30.7 Å². The largest absolute Gasteiger partial charge is 0.368 e. The quantitative estimate of drug-likeness (QED) is 0.344. The van der Waals surface area contributed by atoms with E-state index in [4.69, 9.17) is 23.2 Å². The van der Waals surface area contributed by atoms with E-state index < -0.39 is 0 Å². The summed E-state index contributed by atoms with van der Waals surface area (Å²) in [6, 6.07) is 5.72. The molecule has 4 aromatic rings. The van der Waals surface area contributed by atoms with Crippen LogP contribution in [0, 0.1) is 0 Å². The molecule has 0 bridgehead atoms. The molecular weight excluding hydrogens is 401 g/mol. The fourth-order valence-electron chi connectivity index (χ4n) is 3.01. The van der Waals surface area contributed by atoms with E-state index >= 15 is 0 Å². The molecule has 0 fully saturated rings. The van der Waals surface area contributed by atoms with E-state index in [1.54, 1.807) is 0 Å². The van der Waals surface area contributed by atoms with Gasteiger partial charge in [-0.3, -0.25) is 4.79 Å². The van der Waals surface area contributed by atoms with Crippen LogP contribution < -0.4 is 10.6 Å². The third-order valence-electron chi connectivity index (χ3n) is 4.35. The number of aromatic amines is 2. The van der Waals surface area contributed by atoms with Crippen molar-refractivity contribution in [2.75, 3.05) is 18.4 Å². The van der Waals surface area contributed by atoms with Crippen LogP contribution in [0.4, 0.5) is 5.82 Å². The van der Waals surface area contributed by atoms with Crippen molar-refractivity contribution in [1.82, 2.24) is 30.2 Å². The summed E-state index contributed by atoms with van der Waals surface area (Å²) >= 11 is 11.9. The number of aromatic nitrogens is 5. The molecule has 0 aliphatic heterocycles. The number of benzene rings is 1. The molecule has 0 unspecified atom stereocenters. The highest BCUT2D eigenvalue weighted by atomic mass is 35.5. The van der Waals surface area contributed by atoms with Crippen LogP contribution in [0.2, 0.25) is 10.3 Å². The molecule has 144 valence electrons. The Kier molecular flexibility index (Phi) is 5.31. The van der Waals surface area contributed by atoms with Crippen LogP contribution in [0.25, 0.3) is 22.1 Å². The van der Waals surface area contributed by atoms with Crippen LogP contribution in [0.1, 0.15) is 12.0 Å². The average molecular weight is 418 g/mol. The molecule has 0 radical (unpaired) electrons. The van der Waals surface area contributed by atoms with Gasteiger partial charge >= 0.3 is 0 Å². The van der Waals surface area contributed by atoms with Gasteiger partial charge in [0.25, 0.3) is 0 Å². The Morgan fingerprint density at radius 2 is 2.04 bits per heavy atom. The molecule has 0 atom stereocenters. The number of nitrogens with one attached hydrogen (secondary N) is 4. The first-order valence-electron chi connectivity index (χ1n) is 8.73. The Bertz CT molecular complexity index is 1140. The van der Waals surface area contributed by atoms with Crippen LogP contribution in [-0.2, 0) is 11.2 Å². The Morgan fingerprint density at radius 3 is 2.93 bits per heavy atom. The van der Waals surface area contributed by atoms with Gasteiger partial charge in [-0.05, 0) is 41.8 Å². The van der Waals surface area contributed by atoms with Crippen molar-refractivity contribution in [1.29, 1.82) is 0 Å². The summed E-state index contributed by atoms with van der Waals surface area (Å²) in [5.74, 6) is 0.474. The molecule has 1 amide bonds. The van der Waals surface area contributed by atoms with Gasteiger partial charge in [-0.25, -0.2) is 4.98 Å². The Balaban J connectivity index is 1.26. The number of H-pyrrole nitrogens is 2. The number of rotatable bonds is 7. The van der Waals surface area contributed by atoms with Crippen molar-refractivity contribution in [2.45, 2.75) is 12.8 Å². The third kappa shape index (κ3) is 4.02. The predicted octanol–water partition coefficient (Wildman–Crippen LogP) is 3.30. The molecule has 0 saturated heterocycles. The summed E-state index contributed by atoms with van der Waals surface area (Å²) in [4.78, 5) is 30.5. The molecule has 8 nitrogen and oxygen atoms in total. The van der Waals surface area contributed by atoms with E-state index in [9.17, 15) is 4.79 Å². The number of halogens is 2. The molecule has 0 aliphatic rings. The highest BCUT2D eigenvalue weighted by molar-refractivity contribution is 6.31. The number of nitrogens with zero attached hydrogens (tertiary/aromatic N) is 3. The molecular formula is C18H17Cl2N7O. The molecule has 1 aromatic carbocycles. The molecule has 3 aromatic heterocycles. The minimum atomic E-state index is -0.0496. The number of anilines is 1. The SMILES string of the molecule is O=C(CCNc1nc(Cl)nc2nc[nH]c12)NCCc1c[nH]c2ccc(Cl)cc12. The van der Waals surface area contributed by atoms with E-state index in [1.165, 1.54) is 6.33 Å². The highest BCUT2D eigenvalue weighted by Crippen LogP contribution is 2.22. The topological polar surface area (TPSA) is 111 Å². The standard InChI is InChI=1S/C18H17Cl2N7O/c19-11-1-2-13-12(7-11)10(8-23-13)3-5-21-14(28)4-6-22-16-15-17(25-9-24-15)27-18(20)26-16/h1-2,7-9,23H,3-6H2,(H,21,28)(H2,22,24,25,26,27). The summed E-state index contributed by atoms with van der Waals surface area (Å²) < 4.78 is 0. The van der Waals surface area contributed by atoms with Gasteiger partial charge in [-0.1, -0.05) is 11.6 Å². The van der Waals surface area contributed by atoms with Crippen molar-refractivity contribution in [2.24, 2.45) is 0 Å². The number of hydrogen-bond donors (Lipinski definition) is 4. The van der Waals surface area contributed by atoms with E-state index in [0.717, 1.165) is 22.9 Å². The molecule has 4 rings (SSSR count). The number of hydrogen-bond acceptors (Lipinski definition) is 5. The molecule has 0 aliphatic carbocycles. The maximum Gasteiger partial charge on any atom is 0.226 e. The third-order valence-corrected chi connectivity index (χ3v) is 4.75. The van der Waals surface area contributed by atoms with Gasteiger partial charge in [0.2, 0.25) is 11.2 Å². The molecule has 28 heavy (non-hydrogen) atoms. The van der Waals surface area contributed by atoms with Crippen molar-refractivity contribution in [3.05, 3.63) is 46.6 Å². The summed E-state index contributed by atoms with van der Waals surface area (Å²) in [5, 5.41) is 7.89. The number of imidazole rings is 1. The number of amides is 1. The Labute approximate surface area is 170 Å². The van der Waals surface area contributed by atoms with Gasteiger partial charge in [-0.2, -0.15) is 9.97 Å². The van der Waals surface area contributed by atoms with E-state index in [-0.39, 0.29) is 11.2 Å². The summed E-state index contributed by atoms with van der Waals surface area (Å²) in [6.45, 7) is 0.957. The van der Waals surface area contributed by atoms with E-state index in [0.29, 0.717) is 41.5 Å². The second kappa shape index (κ2) is 8.04. The van der Waals surface area contributed by atoms with Crippen LogP contribution in [0.3, 0.4) is 0 Å². The van der Waals surface area contributed by atoms with Gasteiger partial charge in [0, 0.05) is 41.6 Å². The Morgan fingerprint density at radius 1 is 1.14 bits per heavy atom. The van der Waals surface area contributed by atoms with E-state index in [2.05, 4.69) is 35.6 Å². The van der Waals surface area contributed by atoms with Gasteiger partial charge in [-0.15, -0.1) is 0 Å². The summed E-state index contributed by atoms with van der Waals surface area (Å²) in [5.41, 5.74) is 3.28. The highest BCUT2D eigenvalue weighted by Gasteiger charge is 2.10. The van der Waals surface area contributed by atoms with Crippen LogP contribution in [0.5, 0.6) is 0 Å². The van der Waals surface area contributed by atoms with Crippen molar-refractivity contribution in [3.63, 3.8) is 0 Å². The molecule has 10 heteroatoms. The molecule has 0 saturated carbocycles. The first kappa shape index (κ1) is 18.5. The van der Waals surface area contributed by atoms with E-state index in [1.807, 2.05) is 24.4 Å². The normalized spacial score (nSPS) is 11.2.